The van der Waals surface area contributed by atoms with Gasteiger partial charge in [0.25, 0.3) is 0 Å². The maximum Gasteiger partial charge on any atom is 0.318 e. The summed E-state index contributed by atoms with van der Waals surface area (Å²) >= 11 is 0. The van der Waals surface area contributed by atoms with E-state index >= 15 is 0 Å². The number of hydrogen-bond donors (Lipinski definition) is 2. The van der Waals surface area contributed by atoms with E-state index in [-0.39, 0.29) is 24.0 Å². The third-order valence-electron chi connectivity index (χ3n) is 5.51. The van der Waals surface area contributed by atoms with Crippen LogP contribution in [0.1, 0.15) is 51.7 Å². The summed E-state index contributed by atoms with van der Waals surface area (Å²) in [6.07, 6.45) is 1.75. The summed E-state index contributed by atoms with van der Waals surface area (Å²) in [7, 11) is 0. The van der Waals surface area contributed by atoms with Crippen LogP contribution in [0.4, 0.5) is 10.6 Å². The highest BCUT2D eigenvalue weighted by molar-refractivity contribution is 5.94. The van der Waals surface area contributed by atoms with Crippen molar-refractivity contribution in [2.45, 2.75) is 59.9 Å². The number of aryl methyl sites for hydroxylation is 2. The Morgan fingerprint density at radius 3 is 2.37 bits per heavy atom. The smallest absolute Gasteiger partial charge is 0.318 e. The van der Waals surface area contributed by atoms with Crippen LogP contribution in [0.25, 0.3) is 16.9 Å². The van der Waals surface area contributed by atoms with Gasteiger partial charge < -0.3 is 15.5 Å². The predicted molar refractivity (Wildman–Crippen MR) is 142 cm³/mol. The Bertz CT molecular complexity index is 1160. The van der Waals surface area contributed by atoms with E-state index < -0.39 is 0 Å². The number of hydrogen-bond acceptors (Lipinski definition) is 3. The second-order valence-corrected chi connectivity index (χ2v) is 9.99. The quantitative estimate of drug-likeness (QED) is 0.438. The molecule has 0 unspecified atom stereocenters. The van der Waals surface area contributed by atoms with Crippen molar-refractivity contribution in [1.29, 1.82) is 0 Å². The molecule has 0 aliphatic carbocycles. The molecule has 0 spiro atoms. The standard InChI is InChI=1S/C28H37N5O2/c1-7-8-16-32(27(35)30-28(4,5)6)19-26(34)29-25-18-23(22-12-10-9-11-13-22)31-33(25)24-15-14-20(2)17-21(24)3/h9-15,17-18H,7-8,16,19H2,1-6H3,(H,29,34)(H,30,35). The number of amides is 3. The first-order valence-electron chi connectivity index (χ1n) is 12.2. The molecule has 0 aliphatic heterocycles. The molecule has 0 bridgehead atoms. The van der Waals surface area contributed by atoms with Gasteiger partial charge in [-0.2, -0.15) is 5.10 Å². The van der Waals surface area contributed by atoms with Crippen molar-refractivity contribution in [1.82, 2.24) is 20.0 Å². The number of anilines is 1. The first kappa shape index (κ1) is 26.0. The SMILES string of the molecule is CCCCN(CC(=O)Nc1cc(-c2ccccc2)nn1-c1ccc(C)cc1C)C(=O)NC(C)(C)C. The van der Waals surface area contributed by atoms with Gasteiger partial charge in [0.05, 0.1) is 11.4 Å². The van der Waals surface area contributed by atoms with Crippen LogP contribution >= 0.6 is 0 Å². The minimum Gasteiger partial charge on any atom is -0.333 e. The van der Waals surface area contributed by atoms with Crippen LogP contribution in [0.15, 0.2) is 54.6 Å². The maximum atomic E-state index is 13.2. The second-order valence-electron chi connectivity index (χ2n) is 9.99. The molecule has 0 saturated heterocycles. The van der Waals surface area contributed by atoms with Gasteiger partial charge in [-0.3, -0.25) is 4.79 Å². The topological polar surface area (TPSA) is 79.3 Å². The Balaban J connectivity index is 1.90. The largest absolute Gasteiger partial charge is 0.333 e. The van der Waals surface area contributed by atoms with E-state index in [2.05, 4.69) is 23.6 Å². The molecule has 2 N–H and O–H groups in total. The normalized spacial score (nSPS) is 11.3. The van der Waals surface area contributed by atoms with E-state index in [9.17, 15) is 9.59 Å². The number of carbonyl (C=O) groups excluding carboxylic acids is 2. The first-order chi connectivity index (χ1) is 16.6. The van der Waals surface area contributed by atoms with Crippen LogP contribution < -0.4 is 10.6 Å². The van der Waals surface area contributed by atoms with Crippen molar-refractivity contribution in [3.05, 3.63) is 65.7 Å². The lowest BCUT2D eigenvalue weighted by atomic mass is 10.1. The average Bonchev–Trinajstić information content (AvgIpc) is 3.19. The summed E-state index contributed by atoms with van der Waals surface area (Å²) < 4.78 is 1.76. The maximum absolute atomic E-state index is 13.2. The fourth-order valence-electron chi connectivity index (χ4n) is 3.80. The van der Waals surface area contributed by atoms with E-state index in [0.717, 1.165) is 40.9 Å². The lowest BCUT2D eigenvalue weighted by molar-refractivity contribution is -0.116. The summed E-state index contributed by atoms with van der Waals surface area (Å²) in [6.45, 7) is 12.4. The number of nitrogens with one attached hydrogen (secondary N) is 2. The van der Waals surface area contributed by atoms with Gasteiger partial charge in [0.1, 0.15) is 12.4 Å². The number of aromatic nitrogens is 2. The number of urea groups is 1. The number of rotatable bonds is 8. The lowest BCUT2D eigenvalue weighted by Crippen LogP contribution is -2.50. The molecule has 0 fully saturated rings. The van der Waals surface area contributed by atoms with Crippen LogP contribution in [-0.4, -0.2) is 45.2 Å². The zero-order valence-electron chi connectivity index (χ0n) is 21.7. The summed E-state index contributed by atoms with van der Waals surface area (Å²) in [4.78, 5) is 27.5. The molecule has 2 aromatic carbocycles. The van der Waals surface area contributed by atoms with Gasteiger partial charge in [0.15, 0.2) is 0 Å². The van der Waals surface area contributed by atoms with Crippen molar-refractivity contribution in [2.75, 3.05) is 18.4 Å². The highest BCUT2D eigenvalue weighted by Crippen LogP contribution is 2.26. The van der Waals surface area contributed by atoms with E-state index in [0.29, 0.717) is 12.4 Å². The number of nitrogens with zero attached hydrogens (tertiary/aromatic N) is 3. The monoisotopic (exact) mass is 475 g/mol. The minimum absolute atomic E-state index is 0.0410. The van der Waals surface area contributed by atoms with Gasteiger partial charge in [-0.1, -0.05) is 61.4 Å². The van der Waals surface area contributed by atoms with Gasteiger partial charge in [-0.05, 0) is 52.7 Å². The molecule has 0 saturated carbocycles. The fraction of sp³-hybridized carbons (Fsp3) is 0.393. The zero-order valence-corrected chi connectivity index (χ0v) is 21.7. The molecule has 3 amide bonds. The minimum atomic E-state index is -0.385. The molecule has 3 aromatic rings. The molecular formula is C28H37N5O2. The Kier molecular flexibility index (Phi) is 8.33. The van der Waals surface area contributed by atoms with E-state index in [1.54, 1.807) is 9.58 Å². The second kappa shape index (κ2) is 11.2. The van der Waals surface area contributed by atoms with E-state index in [4.69, 9.17) is 5.10 Å². The van der Waals surface area contributed by atoms with Crippen LogP contribution in [-0.2, 0) is 4.79 Å². The molecule has 0 radical (unpaired) electrons. The Morgan fingerprint density at radius 1 is 1.03 bits per heavy atom. The van der Waals surface area contributed by atoms with Gasteiger partial charge in [-0.25, -0.2) is 9.48 Å². The number of unbranched alkanes of at least 4 members (excludes halogenated alkanes) is 1. The predicted octanol–water partition coefficient (Wildman–Crippen LogP) is 5.70. The Labute approximate surface area is 208 Å². The lowest BCUT2D eigenvalue weighted by Gasteiger charge is -2.28. The van der Waals surface area contributed by atoms with Gasteiger partial charge >= 0.3 is 6.03 Å². The van der Waals surface area contributed by atoms with Gasteiger partial charge in [0.2, 0.25) is 5.91 Å². The molecule has 35 heavy (non-hydrogen) atoms. The van der Waals surface area contributed by atoms with Crippen molar-refractivity contribution in [3.63, 3.8) is 0 Å². The van der Waals surface area contributed by atoms with Crippen molar-refractivity contribution in [2.24, 2.45) is 0 Å². The van der Waals surface area contributed by atoms with Crippen LogP contribution in [0, 0.1) is 13.8 Å². The molecule has 1 heterocycles. The highest BCUT2D eigenvalue weighted by atomic mass is 16.2. The van der Waals surface area contributed by atoms with Gasteiger partial charge in [0, 0.05) is 23.7 Å². The molecule has 7 nitrogen and oxygen atoms in total. The fourth-order valence-corrected chi connectivity index (χ4v) is 3.80. The molecule has 7 heteroatoms. The molecule has 0 atom stereocenters. The summed E-state index contributed by atoms with van der Waals surface area (Å²) in [5.41, 5.74) is 4.43. The van der Waals surface area contributed by atoms with Crippen LogP contribution in [0.3, 0.4) is 0 Å². The molecule has 186 valence electrons. The summed E-state index contributed by atoms with van der Waals surface area (Å²) in [5, 5.41) is 10.8. The zero-order chi connectivity index (χ0) is 25.6. The average molecular weight is 476 g/mol. The molecule has 0 aliphatic rings. The third kappa shape index (κ3) is 7.18. The van der Waals surface area contributed by atoms with Crippen LogP contribution in [0.2, 0.25) is 0 Å². The summed E-state index contributed by atoms with van der Waals surface area (Å²) in [5.74, 6) is 0.295. The number of benzene rings is 2. The van der Waals surface area contributed by atoms with E-state index in [1.165, 1.54) is 0 Å². The summed E-state index contributed by atoms with van der Waals surface area (Å²) in [6, 6.07) is 17.6. The van der Waals surface area contributed by atoms with E-state index in [1.807, 2.05) is 83.1 Å². The molecular weight excluding hydrogens is 438 g/mol. The number of carbonyl (C=O) groups is 2. The van der Waals surface area contributed by atoms with Crippen molar-refractivity contribution < 1.29 is 9.59 Å². The Morgan fingerprint density at radius 2 is 1.74 bits per heavy atom. The van der Waals surface area contributed by atoms with Crippen molar-refractivity contribution in [3.8, 4) is 16.9 Å². The third-order valence-corrected chi connectivity index (χ3v) is 5.51. The molecule has 3 rings (SSSR count). The van der Waals surface area contributed by atoms with Crippen molar-refractivity contribution >= 4 is 17.8 Å². The Hall–Kier alpha value is -3.61. The van der Waals surface area contributed by atoms with Gasteiger partial charge in [-0.15, -0.1) is 0 Å². The highest BCUT2D eigenvalue weighted by Gasteiger charge is 2.22. The first-order valence-corrected chi connectivity index (χ1v) is 12.2. The molecule has 1 aromatic heterocycles. The van der Waals surface area contributed by atoms with Crippen LogP contribution in [0.5, 0.6) is 0 Å².